The summed E-state index contributed by atoms with van der Waals surface area (Å²) in [6.07, 6.45) is 2.30. The Labute approximate surface area is 132 Å². The number of amides is 1. The van der Waals surface area contributed by atoms with E-state index in [2.05, 4.69) is 24.5 Å². The van der Waals surface area contributed by atoms with E-state index in [1.807, 2.05) is 0 Å². The van der Waals surface area contributed by atoms with Crippen molar-refractivity contribution in [2.24, 2.45) is 5.41 Å². The average Bonchev–Trinajstić information content (AvgIpc) is 2.36. The molecule has 1 aromatic rings. The van der Waals surface area contributed by atoms with Crippen molar-refractivity contribution < 1.29 is 9.18 Å². The summed E-state index contributed by atoms with van der Waals surface area (Å²) < 4.78 is 13.7. The molecule has 1 aromatic carbocycles. The van der Waals surface area contributed by atoms with Crippen LogP contribution in [0.1, 0.15) is 42.6 Å². The van der Waals surface area contributed by atoms with E-state index in [-0.39, 0.29) is 35.3 Å². The summed E-state index contributed by atoms with van der Waals surface area (Å²) >= 11 is 0. The molecule has 1 aliphatic heterocycles. The molecule has 118 valence electrons. The molecular weight excluding hydrogens is 291 g/mol. The first kappa shape index (κ1) is 17.9. The number of hydrogen-bond acceptors (Lipinski definition) is 2. The van der Waals surface area contributed by atoms with Gasteiger partial charge in [0, 0.05) is 12.6 Å². The molecule has 1 aliphatic rings. The fourth-order valence-corrected chi connectivity index (χ4v) is 2.71. The van der Waals surface area contributed by atoms with Gasteiger partial charge >= 0.3 is 0 Å². The Kier molecular flexibility index (Phi) is 6.17. The molecule has 1 atom stereocenters. The Morgan fingerprint density at radius 1 is 1.48 bits per heavy atom. The average molecular weight is 315 g/mol. The second kappa shape index (κ2) is 7.23. The molecule has 2 rings (SSSR count). The first-order valence-corrected chi connectivity index (χ1v) is 7.18. The maximum absolute atomic E-state index is 13.7. The number of rotatable bonds is 3. The zero-order valence-electron chi connectivity index (χ0n) is 12.8. The van der Waals surface area contributed by atoms with Crippen LogP contribution in [-0.4, -0.2) is 25.0 Å². The van der Waals surface area contributed by atoms with Gasteiger partial charge in [0.25, 0.3) is 5.91 Å². The predicted molar refractivity (Wildman–Crippen MR) is 85.5 cm³/mol. The fourth-order valence-electron chi connectivity index (χ4n) is 2.71. The van der Waals surface area contributed by atoms with Crippen LogP contribution in [0, 0.1) is 18.2 Å². The highest BCUT2D eigenvalue weighted by molar-refractivity contribution is 5.94. The monoisotopic (exact) mass is 314 g/mol. The van der Waals surface area contributed by atoms with Gasteiger partial charge in [0.05, 0.1) is 5.56 Å². The number of carbonyl (C=O) groups is 1. The van der Waals surface area contributed by atoms with E-state index in [1.54, 1.807) is 19.1 Å². The number of carbonyl (C=O) groups excluding carboxylic acids is 1. The van der Waals surface area contributed by atoms with Crippen molar-refractivity contribution in [2.75, 3.05) is 13.1 Å². The molecule has 0 aromatic heterocycles. The summed E-state index contributed by atoms with van der Waals surface area (Å²) in [4.78, 5) is 12.1. The smallest absolute Gasteiger partial charge is 0.254 e. The number of hydrogen-bond donors (Lipinski definition) is 2. The van der Waals surface area contributed by atoms with Crippen LogP contribution in [0.5, 0.6) is 0 Å². The number of aryl methyl sites for hydroxylation is 1. The van der Waals surface area contributed by atoms with E-state index in [0.29, 0.717) is 6.54 Å². The van der Waals surface area contributed by atoms with Crippen LogP contribution >= 0.6 is 12.4 Å². The van der Waals surface area contributed by atoms with Crippen molar-refractivity contribution in [3.63, 3.8) is 0 Å². The van der Waals surface area contributed by atoms with E-state index in [9.17, 15) is 9.18 Å². The maximum Gasteiger partial charge on any atom is 0.254 e. The number of benzene rings is 1. The van der Waals surface area contributed by atoms with E-state index >= 15 is 0 Å². The summed E-state index contributed by atoms with van der Waals surface area (Å²) in [6, 6.07) is 4.91. The van der Waals surface area contributed by atoms with Crippen LogP contribution in [0.3, 0.4) is 0 Å². The molecule has 1 amide bonds. The van der Waals surface area contributed by atoms with Crippen molar-refractivity contribution in [1.29, 1.82) is 0 Å². The SMILES string of the molecule is Cc1ccc(C(=O)NCC2NCCCC2(C)C)c(F)c1.Cl. The fraction of sp³-hybridized carbons (Fsp3) is 0.562. The lowest BCUT2D eigenvalue weighted by Gasteiger charge is -2.39. The summed E-state index contributed by atoms with van der Waals surface area (Å²) in [5, 5.41) is 6.27. The summed E-state index contributed by atoms with van der Waals surface area (Å²) in [6.45, 7) is 7.70. The first-order chi connectivity index (χ1) is 9.40. The zero-order chi connectivity index (χ0) is 14.8. The lowest BCUT2D eigenvalue weighted by Crippen LogP contribution is -2.52. The largest absolute Gasteiger partial charge is 0.350 e. The molecule has 0 saturated carbocycles. The molecule has 0 aliphatic carbocycles. The third kappa shape index (κ3) is 4.42. The molecule has 1 unspecified atom stereocenters. The number of nitrogens with one attached hydrogen (secondary N) is 2. The van der Waals surface area contributed by atoms with Crippen molar-refractivity contribution >= 4 is 18.3 Å². The number of piperidine rings is 1. The van der Waals surface area contributed by atoms with Crippen molar-refractivity contribution in [1.82, 2.24) is 10.6 Å². The molecule has 1 heterocycles. The van der Waals surface area contributed by atoms with Gasteiger partial charge in [0.1, 0.15) is 5.82 Å². The van der Waals surface area contributed by atoms with Gasteiger partial charge in [-0.25, -0.2) is 4.39 Å². The van der Waals surface area contributed by atoms with Crippen molar-refractivity contribution in [3.8, 4) is 0 Å². The Morgan fingerprint density at radius 2 is 2.19 bits per heavy atom. The van der Waals surface area contributed by atoms with Gasteiger partial charge in [-0.15, -0.1) is 12.4 Å². The normalized spacial score (nSPS) is 20.5. The third-order valence-electron chi connectivity index (χ3n) is 4.17. The van der Waals surface area contributed by atoms with Gasteiger partial charge in [-0.2, -0.15) is 0 Å². The van der Waals surface area contributed by atoms with Gasteiger partial charge in [-0.3, -0.25) is 4.79 Å². The molecule has 1 saturated heterocycles. The summed E-state index contributed by atoms with van der Waals surface area (Å²) in [7, 11) is 0. The van der Waals surface area contributed by atoms with Crippen LogP contribution in [0.15, 0.2) is 18.2 Å². The highest BCUT2D eigenvalue weighted by atomic mass is 35.5. The van der Waals surface area contributed by atoms with Crippen LogP contribution in [-0.2, 0) is 0 Å². The first-order valence-electron chi connectivity index (χ1n) is 7.18. The molecule has 2 N–H and O–H groups in total. The Balaban J connectivity index is 0.00000220. The maximum atomic E-state index is 13.7. The van der Waals surface area contributed by atoms with E-state index < -0.39 is 5.82 Å². The van der Waals surface area contributed by atoms with Gasteiger partial charge in [-0.1, -0.05) is 19.9 Å². The number of halogens is 2. The molecule has 5 heteroatoms. The Bertz CT molecular complexity index is 505. The highest BCUT2D eigenvalue weighted by Gasteiger charge is 2.32. The molecule has 1 fully saturated rings. The standard InChI is InChI=1S/C16H23FN2O.ClH/c1-11-5-6-12(13(17)9-11)15(20)19-10-14-16(2,3)7-4-8-18-14;/h5-6,9,14,18H,4,7-8,10H2,1-3H3,(H,19,20);1H. The van der Waals surface area contributed by atoms with Crippen LogP contribution in [0.25, 0.3) is 0 Å². The molecule has 21 heavy (non-hydrogen) atoms. The van der Waals surface area contributed by atoms with Gasteiger partial charge in [-0.05, 0) is 49.4 Å². The minimum atomic E-state index is -0.460. The molecule has 0 radical (unpaired) electrons. The van der Waals surface area contributed by atoms with E-state index in [1.165, 1.54) is 6.07 Å². The van der Waals surface area contributed by atoms with Gasteiger partial charge < -0.3 is 10.6 Å². The van der Waals surface area contributed by atoms with Gasteiger partial charge in [0.2, 0.25) is 0 Å². The van der Waals surface area contributed by atoms with Crippen LogP contribution in [0.2, 0.25) is 0 Å². The van der Waals surface area contributed by atoms with Crippen molar-refractivity contribution in [3.05, 3.63) is 35.1 Å². The summed E-state index contributed by atoms with van der Waals surface area (Å²) in [5.74, 6) is -0.802. The highest BCUT2D eigenvalue weighted by Crippen LogP contribution is 2.29. The molecule has 0 spiro atoms. The second-order valence-electron chi connectivity index (χ2n) is 6.29. The van der Waals surface area contributed by atoms with E-state index in [4.69, 9.17) is 0 Å². The topological polar surface area (TPSA) is 41.1 Å². The quantitative estimate of drug-likeness (QED) is 0.900. The lowest BCUT2D eigenvalue weighted by molar-refractivity contribution is 0.0925. The minimum absolute atomic E-state index is 0. The Hall–Kier alpha value is -1.13. The Morgan fingerprint density at radius 3 is 2.81 bits per heavy atom. The zero-order valence-corrected chi connectivity index (χ0v) is 13.6. The molecular formula is C16H24ClFN2O. The van der Waals surface area contributed by atoms with Crippen molar-refractivity contribution in [2.45, 2.75) is 39.7 Å². The van der Waals surface area contributed by atoms with Crippen LogP contribution in [0.4, 0.5) is 4.39 Å². The predicted octanol–water partition coefficient (Wildman–Crippen LogP) is 3.06. The molecule has 0 bridgehead atoms. The van der Waals surface area contributed by atoms with E-state index in [0.717, 1.165) is 24.9 Å². The molecule has 3 nitrogen and oxygen atoms in total. The summed E-state index contributed by atoms with van der Waals surface area (Å²) in [5.41, 5.74) is 1.08. The second-order valence-corrected chi connectivity index (χ2v) is 6.29. The minimum Gasteiger partial charge on any atom is -0.350 e. The van der Waals surface area contributed by atoms with Gasteiger partial charge in [0.15, 0.2) is 0 Å². The van der Waals surface area contributed by atoms with Crippen LogP contribution < -0.4 is 10.6 Å². The lowest BCUT2D eigenvalue weighted by atomic mass is 9.77. The third-order valence-corrected chi connectivity index (χ3v) is 4.17.